The number of amides is 1. The van der Waals surface area contributed by atoms with Crippen LogP contribution in [0.25, 0.3) is 10.2 Å². The number of piperidine rings is 1. The maximum Gasteiger partial charge on any atom is 0.274 e. The molecule has 2 aromatic carbocycles. The van der Waals surface area contributed by atoms with Crippen LogP contribution in [0.3, 0.4) is 0 Å². The van der Waals surface area contributed by atoms with E-state index in [2.05, 4.69) is 20.9 Å². The molecule has 0 atom stereocenters. The number of ether oxygens (including phenoxy) is 2. The molecule has 1 aliphatic rings. The van der Waals surface area contributed by atoms with Gasteiger partial charge < -0.3 is 14.4 Å². The molecule has 2 heterocycles. The third-order valence-corrected chi connectivity index (χ3v) is 6.33. The van der Waals surface area contributed by atoms with E-state index in [9.17, 15) is 9.18 Å². The van der Waals surface area contributed by atoms with Crippen molar-refractivity contribution in [1.82, 2.24) is 9.88 Å². The van der Waals surface area contributed by atoms with E-state index < -0.39 is 0 Å². The summed E-state index contributed by atoms with van der Waals surface area (Å²) in [5.74, 6) is 0.343. The number of likely N-dealkylation sites (tertiary alicyclic amines) is 1. The minimum absolute atomic E-state index is 0.0109. The lowest BCUT2D eigenvalue weighted by Crippen LogP contribution is -2.41. The first-order chi connectivity index (χ1) is 13.5. The Kier molecular flexibility index (Phi) is 5.50. The van der Waals surface area contributed by atoms with Crippen LogP contribution in [-0.4, -0.2) is 42.1 Å². The molecule has 1 aliphatic heterocycles. The minimum atomic E-state index is -0.279. The molecule has 1 aromatic heterocycles. The zero-order valence-corrected chi connectivity index (χ0v) is 17.6. The molecule has 5 nitrogen and oxygen atoms in total. The monoisotopic (exact) mass is 464 g/mol. The molecular weight excluding hydrogens is 447 g/mol. The van der Waals surface area contributed by atoms with E-state index in [1.54, 1.807) is 19.2 Å². The topological polar surface area (TPSA) is 51.7 Å². The van der Waals surface area contributed by atoms with Gasteiger partial charge in [-0.15, -0.1) is 0 Å². The Labute approximate surface area is 174 Å². The number of hydrogen-bond donors (Lipinski definition) is 0. The van der Waals surface area contributed by atoms with Gasteiger partial charge in [-0.3, -0.25) is 4.79 Å². The highest BCUT2D eigenvalue weighted by molar-refractivity contribution is 9.10. The number of thiazole rings is 1. The van der Waals surface area contributed by atoms with Crippen molar-refractivity contribution in [2.75, 3.05) is 20.2 Å². The molecular formula is C20H18BrFN2O3S. The number of carbonyl (C=O) groups is 1. The average molecular weight is 465 g/mol. The minimum Gasteiger partial charge on any atom is -0.497 e. The normalized spacial score (nSPS) is 15.0. The van der Waals surface area contributed by atoms with Gasteiger partial charge in [-0.25, -0.2) is 9.37 Å². The second kappa shape index (κ2) is 8.05. The molecule has 0 N–H and O–H groups in total. The quantitative estimate of drug-likeness (QED) is 0.551. The smallest absolute Gasteiger partial charge is 0.274 e. The van der Waals surface area contributed by atoms with Crippen LogP contribution < -0.4 is 9.47 Å². The molecule has 28 heavy (non-hydrogen) atoms. The summed E-state index contributed by atoms with van der Waals surface area (Å²) in [5.41, 5.74) is 1.32. The summed E-state index contributed by atoms with van der Waals surface area (Å²) >= 11 is 4.78. The van der Waals surface area contributed by atoms with Gasteiger partial charge in [0.1, 0.15) is 17.7 Å². The SMILES string of the molecule is COc1ccc(Br)c(C(=O)N2CCC(Oc3nc4ccc(F)cc4s3)CC2)c1. The van der Waals surface area contributed by atoms with Crippen LogP contribution in [0.15, 0.2) is 40.9 Å². The molecule has 0 bridgehead atoms. The van der Waals surface area contributed by atoms with Crippen molar-refractivity contribution in [2.45, 2.75) is 18.9 Å². The molecule has 1 amide bonds. The molecule has 1 saturated heterocycles. The zero-order valence-electron chi connectivity index (χ0n) is 15.2. The number of aromatic nitrogens is 1. The molecule has 1 fully saturated rings. The molecule has 0 aliphatic carbocycles. The summed E-state index contributed by atoms with van der Waals surface area (Å²) in [6, 6.07) is 9.89. The fraction of sp³-hybridized carbons (Fsp3) is 0.300. The number of benzene rings is 2. The summed E-state index contributed by atoms with van der Waals surface area (Å²) in [5, 5.41) is 0.543. The Balaban J connectivity index is 1.39. The first-order valence-corrected chi connectivity index (χ1v) is 10.5. The number of carbonyl (C=O) groups excluding carboxylic acids is 1. The van der Waals surface area contributed by atoms with Crippen molar-refractivity contribution < 1.29 is 18.7 Å². The van der Waals surface area contributed by atoms with Crippen molar-refractivity contribution in [3.05, 3.63) is 52.3 Å². The number of methoxy groups -OCH3 is 1. The lowest BCUT2D eigenvalue weighted by Gasteiger charge is -2.32. The summed E-state index contributed by atoms with van der Waals surface area (Å²) < 4.78 is 26.1. The van der Waals surface area contributed by atoms with E-state index in [4.69, 9.17) is 9.47 Å². The average Bonchev–Trinajstić information content (AvgIpc) is 3.09. The Morgan fingerprint density at radius 3 is 2.79 bits per heavy atom. The van der Waals surface area contributed by atoms with E-state index in [-0.39, 0.29) is 17.8 Å². The summed E-state index contributed by atoms with van der Waals surface area (Å²) in [7, 11) is 1.58. The van der Waals surface area contributed by atoms with E-state index in [1.165, 1.54) is 23.5 Å². The van der Waals surface area contributed by atoms with Gasteiger partial charge >= 0.3 is 0 Å². The largest absolute Gasteiger partial charge is 0.497 e. The van der Waals surface area contributed by atoms with Crippen molar-refractivity contribution in [2.24, 2.45) is 0 Å². The van der Waals surface area contributed by atoms with Crippen molar-refractivity contribution in [1.29, 1.82) is 0 Å². The maximum absolute atomic E-state index is 13.3. The van der Waals surface area contributed by atoms with Gasteiger partial charge in [0.2, 0.25) is 0 Å². The molecule has 0 saturated carbocycles. The van der Waals surface area contributed by atoms with Crippen LogP contribution in [0.1, 0.15) is 23.2 Å². The van der Waals surface area contributed by atoms with Gasteiger partial charge in [-0.05, 0) is 52.3 Å². The number of rotatable bonds is 4. The number of halogens is 2. The molecule has 0 radical (unpaired) electrons. The highest BCUT2D eigenvalue weighted by Gasteiger charge is 2.26. The van der Waals surface area contributed by atoms with Crippen molar-refractivity contribution in [3.8, 4) is 10.9 Å². The van der Waals surface area contributed by atoms with Crippen LogP contribution in [0, 0.1) is 5.82 Å². The first kappa shape index (κ1) is 19.1. The Bertz CT molecular complexity index is 1020. The summed E-state index contributed by atoms with van der Waals surface area (Å²) in [6.07, 6.45) is 1.43. The van der Waals surface area contributed by atoms with E-state index in [1.807, 2.05) is 17.0 Å². The van der Waals surface area contributed by atoms with Crippen LogP contribution in [0.4, 0.5) is 4.39 Å². The number of nitrogens with zero attached hydrogens (tertiary/aromatic N) is 2. The van der Waals surface area contributed by atoms with Crippen LogP contribution in [0.2, 0.25) is 0 Å². The zero-order chi connectivity index (χ0) is 19.7. The molecule has 0 spiro atoms. The third-order valence-electron chi connectivity index (χ3n) is 4.73. The Morgan fingerprint density at radius 2 is 2.04 bits per heavy atom. The Morgan fingerprint density at radius 1 is 1.25 bits per heavy atom. The van der Waals surface area contributed by atoms with Gasteiger partial charge in [-0.1, -0.05) is 11.3 Å². The van der Waals surface area contributed by atoms with Gasteiger partial charge in [0.05, 0.1) is 22.9 Å². The maximum atomic E-state index is 13.3. The van der Waals surface area contributed by atoms with Crippen molar-refractivity contribution >= 4 is 43.4 Å². The second-order valence-corrected chi connectivity index (χ2v) is 8.39. The highest BCUT2D eigenvalue weighted by atomic mass is 79.9. The standard InChI is InChI=1S/C20H18BrFN2O3S/c1-26-14-3-4-16(21)15(11-14)19(25)24-8-6-13(7-9-24)27-20-23-17-5-2-12(22)10-18(17)28-20/h2-5,10-11,13H,6-9H2,1H3. The number of hydrogen-bond acceptors (Lipinski definition) is 5. The lowest BCUT2D eigenvalue weighted by atomic mass is 10.1. The van der Waals surface area contributed by atoms with Crippen LogP contribution in [0.5, 0.6) is 10.9 Å². The molecule has 8 heteroatoms. The highest BCUT2D eigenvalue weighted by Crippen LogP contribution is 2.31. The van der Waals surface area contributed by atoms with Crippen LogP contribution >= 0.6 is 27.3 Å². The molecule has 4 rings (SSSR count). The Hall–Kier alpha value is -2.19. The van der Waals surface area contributed by atoms with Gasteiger partial charge in [-0.2, -0.15) is 0 Å². The van der Waals surface area contributed by atoms with Gasteiger partial charge in [0.15, 0.2) is 0 Å². The van der Waals surface area contributed by atoms with E-state index in [0.717, 1.165) is 27.5 Å². The summed E-state index contributed by atoms with van der Waals surface area (Å²) in [4.78, 5) is 19.1. The van der Waals surface area contributed by atoms with Gasteiger partial charge in [0.25, 0.3) is 11.1 Å². The van der Waals surface area contributed by atoms with Crippen molar-refractivity contribution in [3.63, 3.8) is 0 Å². The molecule has 146 valence electrons. The van der Waals surface area contributed by atoms with Gasteiger partial charge in [0, 0.05) is 30.4 Å². The third kappa shape index (κ3) is 3.98. The molecule has 0 unspecified atom stereocenters. The summed E-state index contributed by atoms with van der Waals surface area (Å²) in [6.45, 7) is 1.21. The fourth-order valence-corrected chi connectivity index (χ4v) is 4.53. The predicted molar refractivity (Wildman–Crippen MR) is 110 cm³/mol. The van der Waals surface area contributed by atoms with E-state index >= 15 is 0 Å². The second-order valence-electron chi connectivity index (χ2n) is 6.55. The number of fused-ring (bicyclic) bond motifs is 1. The first-order valence-electron chi connectivity index (χ1n) is 8.89. The van der Waals surface area contributed by atoms with E-state index in [0.29, 0.717) is 29.6 Å². The molecule has 3 aromatic rings. The predicted octanol–water partition coefficient (Wildman–Crippen LogP) is 4.89. The fourth-order valence-electron chi connectivity index (χ4n) is 3.21. The van der Waals surface area contributed by atoms with Crippen LogP contribution in [-0.2, 0) is 0 Å². The lowest BCUT2D eigenvalue weighted by molar-refractivity contribution is 0.0594.